The maximum absolute atomic E-state index is 11.7. The fraction of sp³-hybridized carbons (Fsp3) is 0.818. The van der Waals surface area contributed by atoms with Crippen LogP contribution in [0.3, 0.4) is 0 Å². The van der Waals surface area contributed by atoms with E-state index in [1.54, 1.807) is 18.8 Å². The Kier molecular flexibility index (Phi) is 9.49. The first kappa shape index (κ1) is 17.1. The average Bonchev–Trinajstić information content (AvgIpc) is 2.33. The summed E-state index contributed by atoms with van der Waals surface area (Å²) in [6.07, 6.45) is 3.18. The first-order valence-corrected chi connectivity index (χ1v) is 7.30. The van der Waals surface area contributed by atoms with Gasteiger partial charge in [0.2, 0.25) is 0 Å². The molecule has 0 aliphatic heterocycles. The predicted octanol–water partition coefficient (Wildman–Crippen LogP) is 0.444. The molecule has 0 aromatic heterocycles. The van der Waals surface area contributed by atoms with Crippen molar-refractivity contribution < 1.29 is 14.7 Å². The molecule has 0 bridgehead atoms. The number of hydrogen-bond acceptors (Lipinski definition) is 4. The van der Waals surface area contributed by atoms with Gasteiger partial charge in [-0.1, -0.05) is 0 Å². The van der Waals surface area contributed by atoms with E-state index in [0.717, 1.165) is 13.0 Å². The summed E-state index contributed by atoms with van der Waals surface area (Å²) in [7, 11) is 3.52. The molecular weight excluding hydrogens is 254 g/mol. The summed E-state index contributed by atoms with van der Waals surface area (Å²) >= 11 is 1.56. The van der Waals surface area contributed by atoms with Gasteiger partial charge in [0.1, 0.15) is 6.04 Å². The second-order valence-corrected chi connectivity index (χ2v) is 4.99. The highest BCUT2D eigenvalue weighted by Crippen LogP contribution is 2.02. The number of carbonyl (C=O) groups is 2. The number of carboxylic acid groups (broad SMARTS) is 1. The quantitative estimate of drug-likeness (QED) is 0.533. The molecule has 0 aliphatic carbocycles. The number of nitrogens with zero attached hydrogens (tertiary/aromatic N) is 1. The largest absolute Gasteiger partial charge is 0.480 e. The Labute approximate surface area is 112 Å². The van der Waals surface area contributed by atoms with E-state index in [1.807, 2.05) is 13.3 Å². The lowest BCUT2D eigenvalue weighted by molar-refractivity contribution is -0.139. The van der Waals surface area contributed by atoms with Crippen LogP contribution in [0, 0.1) is 0 Å². The standard InChI is InChI=1S/C11H23N3O3S/c1-12-6-4-7-14(2)11(17)13-9(10(15)16)5-8-18-3/h9,12H,4-8H2,1-3H3,(H,13,17)(H,15,16). The van der Waals surface area contributed by atoms with Gasteiger partial charge in [0.15, 0.2) is 0 Å². The van der Waals surface area contributed by atoms with Crippen LogP contribution in [0.25, 0.3) is 0 Å². The van der Waals surface area contributed by atoms with E-state index in [2.05, 4.69) is 10.6 Å². The van der Waals surface area contributed by atoms with Crippen molar-refractivity contribution in [3.8, 4) is 0 Å². The van der Waals surface area contributed by atoms with E-state index in [9.17, 15) is 9.59 Å². The third kappa shape index (κ3) is 7.39. The van der Waals surface area contributed by atoms with Crippen LogP contribution < -0.4 is 10.6 Å². The minimum absolute atomic E-state index is 0.334. The smallest absolute Gasteiger partial charge is 0.326 e. The zero-order valence-electron chi connectivity index (χ0n) is 11.2. The molecule has 1 unspecified atom stereocenters. The highest BCUT2D eigenvalue weighted by Gasteiger charge is 2.20. The Morgan fingerprint density at radius 2 is 2.11 bits per heavy atom. The highest BCUT2D eigenvalue weighted by molar-refractivity contribution is 7.98. The van der Waals surface area contributed by atoms with Gasteiger partial charge in [-0.3, -0.25) is 0 Å². The van der Waals surface area contributed by atoms with Gasteiger partial charge in [-0.05, 0) is 38.4 Å². The monoisotopic (exact) mass is 277 g/mol. The van der Waals surface area contributed by atoms with Crippen LogP contribution in [0.1, 0.15) is 12.8 Å². The molecule has 0 fully saturated rings. The Hall–Kier alpha value is -0.950. The number of hydrogen-bond donors (Lipinski definition) is 3. The van der Waals surface area contributed by atoms with Crippen LogP contribution in [0.5, 0.6) is 0 Å². The normalized spacial score (nSPS) is 11.9. The molecule has 0 radical (unpaired) electrons. The Bertz CT molecular complexity index is 264. The summed E-state index contributed by atoms with van der Waals surface area (Å²) in [6, 6.07) is -1.14. The van der Waals surface area contributed by atoms with Gasteiger partial charge in [-0.2, -0.15) is 11.8 Å². The SMILES string of the molecule is CNCCCN(C)C(=O)NC(CCSC)C(=O)O. The number of carboxylic acids is 1. The molecule has 1 atom stereocenters. The van der Waals surface area contributed by atoms with Crippen molar-refractivity contribution in [1.29, 1.82) is 0 Å². The van der Waals surface area contributed by atoms with Crippen molar-refractivity contribution in [3.63, 3.8) is 0 Å². The highest BCUT2D eigenvalue weighted by atomic mass is 32.2. The van der Waals surface area contributed by atoms with Crippen molar-refractivity contribution in [2.45, 2.75) is 18.9 Å². The molecule has 18 heavy (non-hydrogen) atoms. The number of aliphatic carboxylic acids is 1. The van der Waals surface area contributed by atoms with Crippen molar-refractivity contribution >= 4 is 23.8 Å². The van der Waals surface area contributed by atoms with E-state index in [1.165, 1.54) is 4.90 Å². The van der Waals surface area contributed by atoms with E-state index < -0.39 is 12.0 Å². The summed E-state index contributed by atoms with van der Waals surface area (Å²) < 4.78 is 0. The molecule has 7 heteroatoms. The Morgan fingerprint density at radius 1 is 1.44 bits per heavy atom. The maximum Gasteiger partial charge on any atom is 0.326 e. The van der Waals surface area contributed by atoms with Crippen LogP contribution in [0.2, 0.25) is 0 Å². The topological polar surface area (TPSA) is 81.7 Å². The van der Waals surface area contributed by atoms with E-state index >= 15 is 0 Å². The molecule has 0 aromatic carbocycles. The van der Waals surface area contributed by atoms with E-state index in [4.69, 9.17) is 5.11 Å². The van der Waals surface area contributed by atoms with Crippen LogP contribution >= 0.6 is 11.8 Å². The molecule has 0 heterocycles. The first-order chi connectivity index (χ1) is 8.52. The molecule has 106 valence electrons. The summed E-state index contributed by atoms with van der Waals surface area (Å²) in [5, 5.41) is 14.5. The zero-order chi connectivity index (χ0) is 14.0. The third-order valence-corrected chi connectivity index (χ3v) is 3.12. The molecule has 0 aromatic rings. The lowest BCUT2D eigenvalue weighted by atomic mass is 10.2. The fourth-order valence-corrected chi connectivity index (χ4v) is 1.82. The zero-order valence-corrected chi connectivity index (χ0v) is 12.0. The maximum atomic E-state index is 11.7. The molecule has 0 saturated carbocycles. The molecule has 0 spiro atoms. The lowest BCUT2D eigenvalue weighted by Crippen LogP contribution is -2.47. The second-order valence-electron chi connectivity index (χ2n) is 4.00. The van der Waals surface area contributed by atoms with E-state index in [-0.39, 0.29) is 6.03 Å². The fourth-order valence-electron chi connectivity index (χ4n) is 1.35. The first-order valence-electron chi connectivity index (χ1n) is 5.90. The second kappa shape index (κ2) is 10.0. The third-order valence-electron chi connectivity index (χ3n) is 2.47. The minimum atomic E-state index is -0.985. The number of thioether (sulfide) groups is 1. The number of rotatable bonds is 9. The summed E-state index contributed by atoms with van der Waals surface area (Å²) in [5.41, 5.74) is 0. The summed E-state index contributed by atoms with van der Waals surface area (Å²) in [4.78, 5) is 24.2. The molecule has 2 amide bonds. The van der Waals surface area contributed by atoms with Crippen LogP contribution in [0.15, 0.2) is 0 Å². The van der Waals surface area contributed by atoms with Crippen molar-refractivity contribution in [2.24, 2.45) is 0 Å². The van der Waals surface area contributed by atoms with Crippen molar-refractivity contribution in [3.05, 3.63) is 0 Å². The van der Waals surface area contributed by atoms with Crippen LogP contribution in [-0.4, -0.2) is 67.2 Å². The molecule has 6 nitrogen and oxygen atoms in total. The van der Waals surface area contributed by atoms with Crippen molar-refractivity contribution in [2.75, 3.05) is 39.2 Å². The van der Waals surface area contributed by atoms with Crippen LogP contribution in [-0.2, 0) is 4.79 Å². The number of urea groups is 1. The number of amides is 2. The van der Waals surface area contributed by atoms with Gasteiger partial charge < -0.3 is 20.6 Å². The number of carbonyl (C=O) groups excluding carboxylic acids is 1. The molecule has 0 aliphatic rings. The van der Waals surface area contributed by atoms with Gasteiger partial charge in [0.25, 0.3) is 0 Å². The Morgan fingerprint density at radius 3 is 2.61 bits per heavy atom. The van der Waals surface area contributed by atoms with Gasteiger partial charge in [0, 0.05) is 13.6 Å². The summed E-state index contributed by atoms with van der Waals surface area (Å²) in [6.45, 7) is 1.42. The average molecular weight is 277 g/mol. The van der Waals surface area contributed by atoms with Gasteiger partial charge in [-0.15, -0.1) is 0 Å². The van der Waals surface area contributed by atoms with E-state index in [0.29, 0.717) is 18.7 Å². The number of nitrogens with one attached hydrogen (secondary N) is 2. The van der Waals surface area contributed by atoms with Crippen LogP contribution in [0.4, 0.5) is 4.79 Å². The molecular formula is C11H23N3O3S. The molecule has 3 N–H and O–H groups in total. The molecule has 0 saturated heterocycles. The van der Waals surface area contributed by atoms with Gasteiger partial charge in [0.05, 0.1) is 0 Å². The van der Waals surface area contributed by atoms with Gasteiger partial charge >= 0.3 is 12.0 Å². The molecule has 0 rings (SSSR count). The summed E-state index contributed by atoms with van der Waals surface area (Å²) in [5.74, 6) is -0.276. The predicted molar refractivity (Wildman–Crippen MR) is 74.1 cm³/mol. The minimum Gasteiger partial charge on any atom is -0.480 e. The van der Waals surface area contributed by atoms with Gasteiger partial charge in [-0.25, -0.2) is 9.59 Å². The lowest BCUT2D eigenvalue weighted by Gasteiger charge is -2.21. The Balaban J connectivity index is 4.10. The van der Waals surface area contributed by atoms with Crippen molar-refractivity contribution in [1.82, 2.24) is 15.5 Å².